The Hall–Kier alpha value is -1.16. The lowest BCUT2D eigenvalue weighted by atomic mass is 10.4. The summed E-state index contributed by atoms with van der Waals surface area (Å²) in [6, 6.07) is 1.70. The van der Waals surface area contributed by atoms with E-state index in [1.54, 1.807) is 20.2 Å². The standard InChI is InChI=1S/C7H10N2O2/c1-9-7(4-10)3-6(8-9)5-11-2/h3-4H,5H2,1-2H3. The number of nitrogens with zero attached hydrogens (tertiary/aromatic N) is 2. The van der Waals surface area contributed by atoms with Crippen LogP contribution in [0.3, 0.4) is 0 Å². The Balaban J connectivity index is 2.86. The van der Waals surface area contributed by atoms with Crippen LogP contribution in [0.1, 0.15) is 16.2 Å². The highest BCUT2D eigenvalue weighted by Crippen LogP contribution is 2.00. The zero-order valence-electron chi connectivity index (χ0n) is 6.57. The number of methoxy groups -OCH3 is 1. The number of aldehydes is 1. The summed E-state index contributed by atoms with van der Waals surface area (Å²) in [4.78, 5) is 10.3. The Bertz CT molecular complexity index is 255. The molecule has 0 aliphatic carbocycles. The van der Waals surface area contributed by atoms with Crippen LogP contribution in [0.5, 0.6) is 0 Å². The molecular weight excluding hydrogens is 144 g/mol. The summed E-state index contributed by atoms with van der Waals surface area (Å²) in [7, 11) is 3.32. The number of carbonyl (C=O) groups excluding carboxylic acids is 1. The maximum atomic E-state index is 10.3. The molecule has 0 bridgehead atoms. The molecule has 0 aromatic carbocycles. The predicted octanol–water partition coefficient (Wildman–Crippen LogP) is 0.379. The topological polar surface area (TPSA) is 44.1 Å². The van der Waals surface area contributed by atoms with E-state index in [9.17, 15) is 4.79 Å². The van der Waals surface area contributed by atoms with Crippen LogP contribution >= 0.6 is 0 Å². The summed E-state index contributed by atoms with van der Waals surface area (Å²) >= 11 is 0. The van der Waals surface area contributed by atoms with Gasteiger partial charge in [0.1, 0.15) is 5.69 Å². The molecule has 1 aromatic rings. The third-order valence-corrected chi connectivity index (χ3v) is 1.38. The van der Waals surface area contributed by atoms with Crippen LogP contribution in [0.25, 0.3) is 0 Å². The summed E-state index contributed by atoms with van der Waals surface area (Å²) < 4.78 is 6.38. The van der Waals surface area contributed by atoms with Gasteiger partial charge in [-0.2, -0.15) is 5.10 Å². The second-order valence-corrected chi connectivity index (χ2v) is 2.24. The van der Waals surface area contributed by atoms with Crippen molar-refractivity contribution in [2.45, 2.75) is 6.61 Å². The Morgan fingerprint density at radius 1 is 1.82 bits per heavy atom. The van der Waals surface area contributed by atoms with Crippen molar-refractivity contribution in [1.29, 1.82) is 0 Å². The molecule has 0 amide bonds. The molecule has 0 atom stereocenters. The second kappa shape index (κ2) is 3.30. The fourth-order valence-electron chi connectivity index (χ4n) is 0.872. The lowest BCUT2D eigenvalue weighted by molar-refractivity contribution is 0.111. The first-order valence-corrected chi connectivity index (χ1v) is 3.25. The number of carbonyl (C=O) groups is 1. The largest absolute Gasteiger partial charge is 0.378 e. The normalized spacial score (nSPS) is 10.0. The van der Waals surface area contributed by atoms with E-state index < -0.39 is 0 Å². The van der Waals surface area contributed by atoms with Gasteiger partial charge in [0.2, 0.25) is 0 Å². The van der Waals surface area contributed by atoms with Crippen molar-refractivity contribution in [3.63, 3.8) is 0 Å². The highest BCUT2D eigenvalue weighted by molar-refractivity contribution is 5.72. The smallest absolute Gasteiger partial charge is 0.168 e. The third-order valence-electron chi connectivity index (χ3n) is 1.38. The fourth-order valence-corrected chi connectivity index (χ4v) is 0.872. The van der Waals surface area contributed by atoms with E-state index in [-0.39, 0.29) is 0 Å². The van der Waals surface area contributed by atoms with Crippen LogP contribution in [0.2, 0.25) is 0 Å². The number of rotatable bonds is 3. The third kappa shape index (κ3) is 1.65. The molecule has 0 aliphatic heterocycles. The molecule has 0 aliphatic rings. The summed E-state index contributed by atoms with van der Waals surface area (Å²) in [6.45, 7) is 0.446. The van der Waals surface area contributed by atoms with Gasteiger partial charge in [-0.05, 0) is 6.07 Å². The Labute approximate surface area is 64.8 Å². The van der Waals surface area contributed by atoms with Gasteiger partial charge in [0.15, 0.2) is 6.29 Å². The van der Waals surface area contributed by atoms with E-state index in [0.29, 0.717) is 12.3 Å². The van der Waals surface area contributed by atoms with E-state index in [1.807, 2.05) is 0 Å². The second-order valence-electron chi connectivity index (χ2n) is 2.24. The maximum absolute atomic E-state index is 10.3. The van der Waals surface area contributed by atoms with Gasteiger partial charge >= 0.3 is 0 Å². The molecule has 4 heteroatoms. The number of hydrogen-bond donors (Lipinski definition) is 0. The molecule has 0 radical (unpaired) electrons. The van der Waals surface area contributed by atoms with Crippen LogP contribution in [0, 0.1) is 0 Å². The molecular formula is C7H10N2O2. The highest BCUT2D eigenvalue weighted by Gasteiger charge is 2.01. The van der Waals surface area contributed by atoms with E-state index in [1.165, 1.54) is 4.68 Å². The van der Waals surface area contributed by atoms with Gasteiger partial charge in [0.25, 0.3) is 0 Å². The molecule has 60 valence electrons. The molecule has 0 saturated heterocycles. The van der Waals surface area contributed by atoms with Gasteiger partial charge in [-0.3, -0.25) is 9.48 Å². The Morgan fingerprint density at radius 2 is 2.55 bits per heavy atom. The van der Waals surface area contributed by atoms with Crippen LogP contribution in [-0.4, -0.2) is 23.2 Å². The number of aryl methyl sites for hydroxylation is 1. The molecule has 0 N–H and O–H groups in total. The van der Waals surface area contributed by atoms with Crippen molar-refractivity contribution in [3.05, 3.63) is 17.5 Å². The van der Waals surface area contributed by atoms with E-state index in [2.05, 4.69) is 5.10 Å². The summed E-state index contributed by atoms with van der Waals surface area (Å²) in [6.07, 6.45) is 0.770. The van der Waals surface area contributed by atoms with Crippen molar-refractivity contribution in [2.24, 2.45) is 7.05 Å². The monoisotopic (exact) mass is 154 g/mol. The Kier molecular flexibility index (Phi) is 2.38. The van der Waals surface area contributed by atoms with Crippen LogP contribution < -0.4 is 0 Å². The van der Waals surface area contributed by atoms with Gasteiger partial charge < -0.3 is 4.74 Å². The molecule has 0 fully saturated rings. The number of ether oxygens (including phenoxy) is 1. The summed E-state index contributed by atoms with van der Waals surface area (Å²) in [5.74, 6) is 0. The van der Waals surface area contributed by atoms with Crippen molar-refractivity contribution >= 4 is 6.29 Å². The fraction of sp³-hybridized carbons (Fsp3) is 0.429. The van der Waals surface area contributed by atoms with Crippen LogP contribution in [-0.2, 0) is 18.4 Å². The number of aromatic nitrogens is 2. The zero-order valence-corrected chi connectivity index (χ0v) is 6.57. The molecule has 4 nitrogen and oxygen atoms in total. The van der Waals surface area contributed by atoms with Gasteiger partial charge in [0, 0.05) is 14.2 Å². The van der Waals surface area contributed by atoms with Gasteiger partial charge in [-0.1, -0.05) is 0 Å². The first kappa shape index (κ1) is 7.94. The first-order chi connectivity index (χ1) is 5.27. The maximum Gasteiger partial charge on any atom is 0.168 e. The molecule has 1 aromatic heterocycles. The van der Waals surface area contributed by atoms with E-state index >= 15 is 0 Å². The quantitative estimate of drug-likeness (QED) is 0.591. The highest BCUT2D eigenvalue weighted by atomic mass is 16.5. The SMILES string of the molecule is COCc1cc(C=O)n(C)n1. The molecule has 0 spiro atoms. The Morgan fingerprint density at radius 3 is 3.00 bits per heavy atom. The van der Waals surface area contributed by atoms with Gasteiger partial charge in [-0.15, -0.1) is 0 Å². The van der Waals surface area contributed by atoms with Crippen molar-refractivity contribution in [3.8, 4) is 0 Å². The average Bonchev–Trinajstić information content (AvgIpc) is 2.32. The minimum Gasteiger partial charge on any atom is -0.378 e. The average molecular weight is 154 g/mol. The van der Waals surface area contributed by atoms with Crippen molar-refractivity contribution in [2.75, 3.05) is 7.11 Å². The summed E-state index contributed by atoms with van der Waals surface area (Å²) in [5.41, 5.74) is 1.34. The molecule has 11 heavy (non-hydrogen) atoms. The van der Waals surface area contributed by atoms with E-state index in [0.717, 1.165) is 12.0 Å². The van der Waals surface area contributed by atoms with E-state index in [4.69, 9.17) is 4.74 Å². The van der Waals surface area contributed by atoms with Gasteiger partial charge in [-0.25, -0.2) is 0 Å². The predicted molar refractivity (Wildman–Crippen MR) is 39.3 cm³/mol. The van der Waals surface area contributed by atoms with Crippen LogP contribution in [0.4, 0.5) is 0 Å². The lowest BCUT2D eigenvalue weighted by Gasteiger charge is -1.90. The first-order valence-electron chi connectivity index (χ1n) is 3.25. The minimum absolute atomic E-state index is 0.446. The molecule has 0 unspecified atom stereocenters. The molecule has 0 saturated carbocycles. The summed E-state index contributed by atoms with van der Waals surface area (Å²) in [5, 5.41) is 4.03. The minimum atomic E-state index is 0.446. The zero-order chi connectivity index (χ0) is 8.27. The van der Waals surface area contributed by atoms with Crippen LogP contribution in [0.15, 0.2) is 6.07 Å². The molecule has 1 heterocycles. The van der Waals surface area contributed by atoms with Gasteiger partial charge in [0.05, 0.1) is 12.3 Å². The number of hydrogen-bond acceptors (Lipinski definition) is 3. The van der Waals surface area contributed by atoms with Crippen molar-refractivity contribution in [1.82, 2.24) is 9.78 Å². The lowest BCUT2D eigenvalue weighted by Crippen LogP contribution is -1.96. The molecule has 1 rings (SSSR count). The van der Waals surface area contributed by atoms with Crippen molar-refractivity contribution < 1.29 is 9.53 Å².